The van der Waals surface area contributed by atoms with Crippen LogP contribution in [0.2, 0.25) is 0 Å². The maximum absolute atomic E-state index is 14.1. The van der Waals surface area contributed by atoms with E-state index in [1.807, 2.05) is 6.92 Å². The Balaban J connectivity index is 2.23. The van der Waals surface area contributed by atoms with Crippen LogP contribution in [0.5, 0.6) is 0 Å². The van der Waals surface area contributed by atoms with Crippen molar-refractivity contribution >= 4 is 15.9 Å². The van der Waals surface area contributed by atoms with E-state index in [2.05, 4.69) is 15.9 Å². The van der Waals surface area contributed by atoms with Crippen LogP contribution >= 0.6 is 15.9 Å². The molecule has 2 nitrogen and oxygen atoms in total. The van der Waals surface area contributed by atoms with E-state index < -0.39 is 23.3 Å². The van der Waals surface area contributed by atoms with E-state index in [0.29, 0.717) is 6.61 Å². The lowest BCUT2D eigenvalue weighted by Gasteiger charge is -2.41. The Morgan fingerprint density at radius 3 is 2.57 bits per heavy atom. The average molecular weight is 363 g/mol. The van der Waals surface area contributed by atoms with E-state index in [1.165, 1.54) is 12.1 Å². The van der Waals surface area contributed by atoms with Crippen molar-refractivity contribution in [2.24, 2.45) is 0 Å². The van der Waals surface area contributed by atoms with Gasteiger partial charge in [0.05, 0.1) is 16.2 Å². The van der Waals surface area contributed by atoms with E-state index in [0.717, 1.165) is 32.1 Å². The third-order valence-electron chi connectivity index (χ3n) is 4.28. The third-order valence-corrected chi connectivity index (χ3v) is 4.89. The lowest BCUT2D eigenvalue weighted by Crippen LogP contribution is -2.47. The molecule has 1 aromatic rings. The summed E-state index contributed by atoms with van der Waals surface area (Å²) in [5.74, 6) is -1.27. The molecule has 1 atom stereocenters. The molecule has 1 saturated carbocycles. The van der Waals surface area contributed by atoms with E-state index in [-0.39, 0.29) is 16.5 Å². The van der Waals surface area contributed by atoms with Crippen LogP contribution in [0.3, 0.4) is 0 Å². The van der Waals surface area contributed by atoms with Gasteiger partial charge in [0.25, 0.3) is 0 Å². The minimum Gasteiger partial charge on any atom is -0.390 e. The Kier molecular flexibility index (Phi) is 5.74. The fraction of sp³-hybridized carbons (Fsp3) is 0.625. The van der Waals surface area contributed by atoms with E-state index >= 15 is 0 Å². The predicted molar refractivity (Wildman–Crippen MR) is 81.2 cm³/mol. The maximum atomic E-state index is 14.1. The summed E-state index contributed by atoms with van der Waals surface area (Å²) in [6.07, 6.45) is 3.55. The summed E-state index contributed by atoms with van der Waals surface area (Å²) < 4.78 is 33.9. The predicted octanol–water partition coefficient (Wildman–Crippen LogP) is 4.37. The molecular formula is C16H21BrF2O2. The molecule has 0 aliphatic heterocycles. The number of hydrogen-bond donors (Lipinski definition) is 1. The summed E-state index contributed by atoms with van der Waals surface area (Å²) in [7, 11) is 0. The van der Waals surface area contributed by atoms with Crippen LogP contribution in [-0.4, -0.2) is 23.4 Å². The maximum Gasteiger partial charge on any atom is 0.143 e. The van der Waals surface area contributed by atoms with Gasteiger partial charge in [-0.05, 0) is 47.8 Å². The van der Waals surface area contributed by atoms with Gasteiger partial charge in [0.1, 0.15) is 11.6 Å². The fourth-order valence-electron chi connectivity index (χ4n) is 3.15. The summed E-state index contributed by atoms with van der Waals surface area (Å²) in [4.78, 5) is 0. The molecule has 0 heterocycles. The molecule has 0 spiro atoms. The van der Waals surface area contributed by atoms with Crippen LogP contribution in [0.1, 0.15) is 44.6 Å². The Morgan fingerprint density at radius 2 is 1.95 bits per heavy atom. The number of halogens is 3. The Labute approximate surface area is 132 Å². The van der Waals surface area contributed by atoms with Gasteiger partial charge < -0.3 is 9.84 Å². The smallest absolute Gasteiger partial charge is 0.143 e. The first-order chi connectivity index (χ1) is 10.00. The monoisotopic (exact) mass is 362 g/mol. The van der Waals surface area contributed by atoms with Crippen molar-refractivity contribution in [1.82, 2.24) is 0 Å². The molecule has 5 heteroatoms. The molecule has 0 amide bonds. The van der Waals surface area contributed by atoms with Crippen LogP contribution in [0, 0.1) is 11.6 Å². The van der Waals surface area contributed by atoms with Gasteiger partial charge in [-0.25, -0.2) is 8.78 Å². The molecule has 118 valence electrons. The highest BCUT2D eigenvalue weighted by molar-refractivity contribution is 9.10. The molecule has 0 aromatic heterocycles. The van der Waals surface area contributed by atoms with Crippen molar-refractivity contribution in [3.8, 4) is 0 Å². The van der Waals surface area contributed by atoms with Gasteiger partial charge in [0.2, 0.25) is 0 Å². The third kappa shape index (κ3) is 3.63. The fourth-order valence-corrected chi connectivity index (χ4v) is 3.52. The van der Waals surface area contributed by atoms with Crippen LogP contribution in [0.25, 0.3) is 0 Å². The normalized spacial score (nSPS) is 19.5. The zero-order valence-corrected chi connectivity index (χ0v) is 13.8. The molecule has 0 radical (unpaired) electrons. The highest BCUT2D eigenvalue weighted by atomic mass is 79.9. The van der Waals surface area contributed by atoms with Crippen molar-refractivity contribution < 1.29 is 18.6 Å². The minimum atomic E-state index is -0.906. The first-order valence-corrected chi connectivity index (χ1v) is 8.24. The van der Waals surface area contributed by atoms with Crippen LogP contribution in [0.15, 0.2) is 16.6 Å². The zero-order valence-electron chi connectivity index (χ0n) is 12.2. The van der Waals surface area contributed by atoms with Gasteiger partial charge >= 0.3 is 0 Å². The second-order valence-corrected chi connectivity index (χ2v) is 6.45. The van der Waals surface area contributed by atoms with Gasteiger partial charge in [-0.2, -0.15) is 0 Å². The van der Waals surface area contributed by atoms with Gasteiger partial charge in [-0.15, -0.1) is 0 Å². The summed E-state index contributed by atoms with van der Waals surface area (Å²) in [5, 5.41) is 10.6. The van der Waals surface area contributed by atoms with E-state index in [4.69, 9.17) is 4.74 Å². The van der Waals surface area contributed by atoms with Crippen molar-refractivity contribution in [3.05, 3.63) is 33.8 Å². The molecule has 21 heavy (non-hydrogen) atoms. The second-order valence-electron chi connectivity index (χ2n) is 5.60. The highest BCUT2D eigenvalue weighted by Crippen LogP contribution is 2.36. The van der Waals surface area contributed by atoms with Crippen LogP contribution in [0.4, 0.5) is 8.78 Å². The quantitative estimate of drug-likeness (QED) is 0.788. The number of ether oxygens (including phenoxy) is 1. The van der Waals surface area contributed by atoms with Gasteiger partial charge in [-0.3, -0.25) is 0 Å². The largest absolute Gasteiger partial charge is 0.390 e. The lowest BCUT2D eigenvalue weighted by atomic mass is 9.78. The lowest BCUT2D eigenvalue weighted by molar-refractivity contribution is -0.139. The summed E-state index contributed by atoms with van der Waals surface area (Å²) in [6.45, 7) is 2.36. The number of benzene rings is 1. The minimum absolute atomic E-state index is 0.0723. The number of hydrogen-bond acceptors (Lipinski definition) is 2. The molecule has 1 N–H and O–H groups in total. The molecule has 1 aliphatic carbocycles. The molecule has 0 saturated heterocycles. The molecule has 1 unspecified atom stereocenters. The zero-order chi connectivity index (χ0) is 15.5. The molecule has 1 fully saturated rings. The van der Waals surface area contributed by atoms with Crippen molar-refractivity contribution in [2.75, 3.05) is 6.61 Å². The summed E-state index contributed by atoms with van der Waals surface area (Å²) >= 11 is 3.06. The van der Waals surface area contributed by atoms with Crippen molar-refractivity contribution in [1.29, 1.82) is 0 Å². The van der Waals surface area contributed by atoms with E-state index in [1.54, 1.807) is 0 Å². The van der Waals surface area contributed by atoms with Crippen LogP contribution in [-0.2, 0) is 11.2 Å². The number of aliphatic hydroxyl groups excluding tert-OH is 1. The average Bonchev–Trinajstić information content (AvgIpc) is 2.48. The Morgan fingerprint density at radius 1 is 1.29 bits per heavy atom. The standard InChI is InChI=1S/C16H21BrF2O2/c1-2-21-16(8-4-3-5-9-16)14(20)10-11-13(18)7-6-12(17)15(11)19/h6-7,14,20H,2-5,8-10H2,1H3. The summed E-state index contributed by atoms with van der Waals surface area (Å²) in [5.41, 5.74) is -0.754. The molecular weight excluding hydrogens is 342 g/mol. The topological polar surface area (TPSA) is 29.5 Å². The van der Waals surface area contributed by atoms with E-state index in [9.17, 15) is 13.9 Å². The van der Waals surface area contributed by atoms with Gasteiger partial charge in [-0.1, -0.05) is 19.3 Å². The molecule has 0 bridgehead atoms. The van der Waals surface area contributed by atoms with Gasteiger partial charge in [0, 0.05) is 18.6 Å². The molecule has 1 aliphatic rings. The number of rotatable bonds is 5. The number of aliphatic hydroxyl groups is 1. The van der Waals surface area contributed by atoms with Crippen molar-refractivity contribution in [2.45, 2.75) is 57.2 Å². The molecule has 1 aromatic carbocycles. The van der Waals surface area contributed by atoms with Crippen LogP contribution < -0.4 is 0 Å². The highest BCUT2D eigenvalue weighted by Gasteiger charge is 2.40. The first-order valence-electron chi connectivity index (χ1n) is 7.44. The second kappa shape index (κ2) is 7.16. The van der Waals surface area contributed by atoms with Crippen molar-refractivity contribution in [3.63, 3.8) is 0 Å². The Bertz CT molecular complexity index is 482. The SMILES string of the molecule is CCOC1(C(O)Cc2c(F)ccc(Br)c2F)CCCCC1. The van der Waals surface area contributed by atoms with Gasteiger partial charge in [0.15, 0.2) is 0 Å². The summed E-state index contributed by atoms with van der Waals surface area (Å²) in [6, 6.07) is 2.54. The molecule has 2 rings (SSSR count). The first kappa shape index (κ1) is 16.8. The Hall–Kier alpha value is -0.520.